The molecule has 1 saturated heterocycles. The van der Waals surface area contributed by atoms with E-state index in [1.165, 1.54) is 25.8 Å². The predicted molar refractivity (Wildman–Crippen MR) is 47.7 cm³/mol. The van der Waals surface area contributed by atoms with Crippen LogP contribution in [0.4, 0.5) is 0 Å². The van der Waals surface area contributed by atoms with Gasteiger partial charge in [0.1, 0.15) is 0 Å². The number of hydrogen-bond acceptors (Lipinski definition) is 1. The van der Waals surface area contributed by atoms with Gasteiger partial charge >= 0.3 is 0 Å². The minimum atomic E-state index is 0. The summed E-state index contributed by atoms with van der Waals surface area (Å²) in [6.07, 6.45) is 4.16. The van der Waals surface area contributed by atoms with Crippen molar-refractivity contribution in [3.05, 3.63) is 0 Å². The smallest absolute Gasteiger partial charge is 0.00389 e. The average Bonchev–Trinajstić information content (AvgIpc) is 1.90. The first-order chi connectivity index (χ1) is 4.33. The lowest BCUT2D eigenvalue weighted by Crippen LogP contribution is -2.36. The summed E-state index contributed by atoms with van der Waals surface area (Å²) in [7, 11) is 0. The van der Waals surface area contributed by atoms with Gasteiger partial charge in [0.2, 0.25) is 0 Å². The summed E-state index contributed by atoms with van der Waals surface area (Å²) >= 11 is 0. The van der Waals surface area contributed by atoms with Gasteiger partial charge in [-0.05, 0) is 32.2 Å². The monoisotopic (exact) mass is 163 g/mol. The third-order valence-corrected chi connectivity index (χ3v) is 2.34. The van der Waals surface area contributed by atoms with Crippen LogP contribution >= 0.6 is 12.4 Å². The Kier molecular flexibility index (Phi) is 5.10. The standard InChI is InChI=1S/C8H17N.ClH/c1-3-8-5-4-7(2)9-6-8;/h7-9H,3-6H2,1-2H3;1H/t7-,8-;/m1./s1. The second-order valence-electron chi connectivity index (χ2n) is 3.16. The Balaban J connectivity index is 0.000000810. The van der Waals surface area contributed by atoms with Gasteiger partial charge in [0.25, 0.3) is 0 Å². The first-order valence-corrected chi connectivity index (χ1v) is 4.06. The summed E-state index contributed by atoms with van der Waals surface area (Å²) in [6.45, 7) is 5.80. The molecule has 0 spiro atoms. The Bertz CT molecular complexity index is 77.3. The Morgan fingerprint density at radius 3 is 2.50 bits per heavy atom. The minimum Gasteiger partial charge on any atom is -0.314 e. The van der Waals surface area contributed by atoms with Crippen LogP contribution in [0.15, 0.2) is 0 Å². The molecular weight excluding hydrogens is 146 g/mol. The molecule has 0 aromatic rings. The Labute approximate surface area is 70.0 Å². The molecule has 0 bridgehead atoms. The van der Waals surface area contributed by atoms with Crippen molar-refractivity contribution in [3.8, 4) is 0 Å². The fourth-order valence-corrected chi connectivity index (χ4v) is 1.41. The molecule has 0 unspecified atom stereocenters. The van der Waals surface area contributed by atoms with E-state index in [2.05, 4.69) is 19.2 Å². The highest BCUT2D eigenvalue weighted by Crippen LogP contribution is 2.16. The highest BCUT2D eigenvalue weighted by Gasteiger charge is 2.14. The van der Waals surface area contributed by atoms with Gasteiger partial charge in [-0.3, -0.25) is 0 Å². The number of rotatable bonds is 1. The van der Waals surface area contributed by atoms with Crippen LogP contribution in [0.1, 0.15) is 33.1 Å². The maximum absolute atomic E-state index is 3.48. The van der Waals surface area contributed by atoms with E-state index < -0.39 is 0 Å². The summed E-state index contributed by atoms with van der Waals surface area (Å²) in [4.78, 5) is 0. The molecule has 0 radical (unpaired) electrons. The molecule has 1 heterocycles. The second-order valence-corrected chi connectivity index (χ2v) is 3.16. The fraction of sp³-hybridized carbons (Fsp3) is 1.00. The molecule has 2 atom stereocenters. The number of nitrogens with one attached hydrogen (secondary N) is 1. The molecule has 1 rings (SSSR count). The molecule has 1 N–H and O–H groups in total. The predicted octanol–water partition coefficient (Wildman–Crippen LogP) is 2.21. The van der Waals surface area contributed by atoms with Crippen LogP contribution in [0, 0.1) is 5.92 Å². The van der Waals surface area contributed by atoms with Crippen molar-refractivity contribution in [3.63, 3.8) is 0 Å². The highest BCUT2D eigenvalue weighted by atomic mass is 35.5. The van der Waals surface area contributed by atoms with Crippen molar-refractivity contribution >= 4 is 12.4 Å². The zero-order valence-corrected chi connectivity index (χ0v) is 7.71. The molecule has 1 nitrogen and oxygen atoms in total. The van der Waals surface area contributed by atoms with Crippen molar-refractivity contribution in [1.29, 1.82) is 0 Å². The van der Waals surface area contributed by atoms with E-state index in [0.717, 1.165) is 12.0 Å². The number of piperidine rings is 1. The summed E-state index contributed by atoms with van der Waals surface area (Å²) < 4.78 is 0. The number of hydrogen-bond donors (Lipinski definition) is 1. The van der Waals surface area contributed by atoms with Crippen molar-refractivity contribution in [2.75, 3.05) is 6.54 Å². The lowest BCUT2D eigenvalue weighted by Gasteiger charge is -2.26. The van der Waals surface area contributed by atoms with Crippen molar-refractivity contribution in [1.82, 2.24) is 5.32 Å². The molecule has 1 aliphatic rings. The van der Waals surface area contributed by atoms with E-state index in [4.69, 9.17) is 0 Å². The topological polar surface area (TPSA) is 12.0 Å². The van der Waals surface area contributed by atoms with Gasteiger partial charge in [-0.2, -0.15) is 0 Å². The van der Waals surface area contributed by atoms with Crippen molar-refractivity contribution in [2.24, 2.45) is 5.92 Å². The first kappa shape index (κ1) is 10.2. The van der Waals surface area contributed by atoms with E-state index in [1.807, 2.05) is 0 Å². The van der Waals surface area contributed by atoms with Crippen LogP contribution in [0.5, 0.6) is 0 Å². The Morgan fingerprint density at radius 2 is 2.10 bits per heavy atom. The van der Waals surface area contributed by atoms with Crippen LogP contribution in [-0.2, 0) is 0 Å². The molecule has 0 aromatic heterocycles. The van der Waals surface area contributed by atoms with Crippen LogP contribution in [-0.4, -0.2) is 12.6 Å². The average molecular weight is 164 g/mol. The van der Waals surface area contributed by atoms with Crippen molar-refractivity contribution < 1.29 is 0 Å². The third kappa shape index (κ3) is 2.89. The molecule has 1 aliphatic heterocycles. The lowest BCUT2D eigenvalue weighted by atomic mass is 9.94. The largest absolute Gasteiger partial charge is 0.314 e. The van der Waals surface area contributed by atoms with Gasteiger partial charge < -0.3 is 5.32 Å². The van der Waals surface area contributed by atoms with Crippen LogP contribution in [0.25, 0.3) is 0 Å². The quantitative estimate of drug-likeness (QED) is 0.625. The van der Waals surface area contributed by atoms with Gasteiger partial charge in [0.05, 0.1) is 0 Å². The molecule has 0 amide bonds. The van der Waals surface area contributed by atoms with E-state index >= 15 is 0 Å². The van der Waals surface area contributed by atoms with Crippen LogP contribution in [0.2, 0.25) is 0 Å². The Morgan fingerprint density at radius 1 is 1.40 bits per heavy atom. The van der Waals surface area contributed by atoms with Gasteiger partial charge in [-0.1, -0.05) is 13.3 Å². The fourth-order valence-electron chi connectivity index (χ4n) is 1.41. The molecule has 62 valence electrons. The van der Waals surface area contributed by atoms with Gasteiger partial charge in [0, 0.05) is 6.04 Å². The van der Waals surface area contributed by atoms with Gasteiger partial charge in [-0.15, -0.1) is 12.4 Å². The van der Waals surface area contributed by atoms with Crippen molar-refractivity contribution in [2.45, 2.75) is 39.2 Å². The SMILES string of the molecule is CC[C@@H]1CC[C@@H](C)NC1.Cl. The number of halogens is 1. The molecular formula is C8H18ClN. The molecule has 2 heteroatoms. The summed E-state index contributed by atoms with van der Waals surface area (Å²) in [5.74, 6) is 0.959. The van der Waals surface area contributed by atoms with Crippen LogP contribution in [0.3, 0.4) is 0 Å². The molecule has 10 heavy (non-hydrogen) atoms. The lowest BCUT2D eigenvalue weighted by molar-refractivity contribution is 0.317. The summed E-state index contributed by atoms with van der Waals surface area (Å²) in [6, 6.07) is 0.771. The van der Waals surface area contributed by atoms with E-state index in [1.54, 1.807) is 0 Å². The zero-order valence-electron chi connectivity index (χ0n) is 6.89. The van der Waals surface area contributed by atoms with Gasteiger partial charge in [0.15, 0.2) is 0 Å². The third-order valence-electron chi connectivity index (χ3n) is 2.34. The first-order valence-electron chi connectivity index (χ1n) is 4.06. The maximum atomic E-state index is 3.48. The second kappa shape index (κ2) is 4.97. The van der Waals surface area contributed by atoms with Crippen LogP contribution < -0.4 is 5.32 Å². The van der Waals surface area contributed by atoms with E-state index in [0.29, 0.717) is 0 Å². The van der Waals surface area contributed by atoms with E-state index in [-0.39, 0.29) is 12.4 Å². The summed E-state index contributed by atoms with van der Waals surface area (Å²) in [5, 5.41) is 3.48. The molecule has 1 fully saturated rings. The minimum absolute atomic E-state index is 0. The molecule has 0 saturated carbocycles. The summed E-state index contributed by atoms with van der Waals surface area (Å²) in [5.41, 5.74) is 0. The maximum Gasteiger partial charge on any atom is 0.00389 e. The molecule has 0 aromatic carbocycles. The van der Waals surface area contributed by atoms with Gasteiger partial charge in [-0.25, -0.2) is 0 Å². The zero-order chi connectivity index (χ0) is 6.69. The molecule has 0 aliphatic carbocycles. The normalized spacial score (nSPS) is 33.0. The van der Waals surface area contributed by atoms with E-state index in [9.17, 15) is 0 Å². The Hall–Kier alpha value is 0.250. The highest BCUT2D eigenvalue weighted by molar-refractivity contribution is 5.85.